The van der Waals surface area contributed by atoms with Crippen LogP contribution in [0.1, 0.15) is 18.1 Å². The Labute approximate surface area is 124 Å². The van der Waals surface area contributed by atoms with E-state index in [1.165, 1.54) is 5.56 Å². The summed E-state index contributed by atoms with van der Waals surface area (Å²) >= 11 is 0. The Hall–Kier alpha value is -2.55. The topological polar surface area (TPSA) is 48.4 Å². The summed E-state index contributed by atoms with van der Waals surface area (Å²) in [5.41, 5.74) is 2.95. The standard InChI is InChI=1S/C18H18N2O/c1-13(11-14-7-3-2-4-8-14)19-12-16-15-9-5-6-10-17(15)20-18(16)21/h2-10,12-13,20-21H,11H2,1H3. The fourth-order valence-corrected chi connectivity index (χ4v) is 2.49. The maximum absolute atomic E-state index is 9.99. The van der Waals surface area contributed by atoms with E-state index in [9.17, 15) is 5.11 Å². The van der Waals surface area contributed by atoms with Crippen molar-refractivity contribution in [3.63, 3.8) is 0 Å². The van der Waals surface area contributed by atoms with E-state index in [4.69, 9.17) is 0 Å². The molecule has 0 aliphatic heterocycles. The molecule has 1 heterocycles. The van der Waals surface area contributed by atoms with Crippen LogP contribution in [0.15, 0.2) is 59.6 Å². The molecule has 3 rings (SSSR count). The minimum absolute atomic E-state index is 0.167. The average Bonchev–Trinajstić information content (AvgIpc) is 2.81. The fourth-order valence-electron chi connectivity index (χ4n) is 2.49. The molecular weight excluding hydrogens is 260 g/mol. The molecule has 0 spiro atoms. The van der Waals surface area contributed by atoms with E-state index in [1.807, 2.05) is 42.5 Å². The van der Waals surface area contributed by atoms with Crippen LogP contribution < -0.4 is 0 Å². The zero-order valence-electron chi connectivity index (χ0n) is 12.0. The number of para-hydroxylation sites is 1. The molecule has 3 nitrogen and oxygen atoms in total. The molecular formula is C18H18N2O. The van der Waals surface area contributed by atoms with Crippen molar-refractivity contribution < 1.29 is 5.11 Å². The summed E-state index contributed by atoms with van der Waals surface area (Å²) in [6.07, 6.45) is 2.65. The van der Waals surface area contributed by atoms with Crippen molar-refractivity contribution in [3.8, 4) is 5.88 Å². The number of rotatable bonds is 4. The lowest BCUT2D eigenvalue weighted by atomic mass is 10.1. The van der Waals surface area contributed by atoms with Gasteiger partial charge in [-0.2, -0.15) is 0 Å². The highest BCUT2D eigenvalue weighted by molar-refractivity contribution is 6.01. The molecule has 3 aromatic rings. The van der Waals surface area contributed by atoms with Gasteiger partial charge in [-0.25, -0.2) is 0 Å². The van der Waals surface area contributed by atoms with E-state index in [2.05, 4.69) is 29.0 Å². The van der Waals surface area contributed by atoms with Crippen LogP contribution in [0.25, 0.3) is 10.9 Å². The van der Waals surface area contributed by atoms with Crippen molar-refractivity contribution in [2.24, 2.45) is 4.99 Å². The number of hydrogen-bond acceptors (Lipinski definition) is 2. The first kappa shape index (κ1) is 13.4. The smallest absolute Gasteiger partial charge is 0.198 e. The zero-order chi connectivity index (χ0) is 14.7. The average molecular weight is 278 g/mol. The molecule has 0 radical (unpaired) electrons. The Kier molecular flexibility index (Phi) is 3.73. The van der Waals surface area contributed by atoms with Crippen LogP contribution in [0.5, 0.6) is 5.88 Å². The Morgan fingerprint density at radius 1 is 1.10 bits per heavy atom. The summed E-state index contributed by atoms with van der Waals surface area (Å²) in [6.45, 7) is 2.08. The van der Waals surface area contributed by atoms with Gasteiger partial charge in [0.15, 0.2) is 5.88 Å². The Morgan fingerprint density at radius 3 is 2.62 bits per heavy atom. The van der Waals surface area contributed by atoms with E-state index in [-0.39, 0.29) is 11.9 Å². The number of fused-ring (bicyclic) bond motifs is 1. The molecule has 106 valence electrons. The third-order valence-electron chi connectivity index (χ3n) is 3.56. The summed E-state index contributed by atoms with van der Waals surface area (Å²) in [6, 6.07) is 18.3. The van der Waals surface area contributed by atoms with Gasteiger partial charge in [-0.1, -0.05) is 48.5 Å². The molecule has 0 bridgehead atoms. The van der Waals surface area contributed by atoms with Gasteiger partial charge in [-0.3, -0.25) is 4.99 Å². The lowest BCUT2D eigenvalue weighted by Gasteiger charge is -2.05. The van der Waals surface area contributed by atoms with Gasteiger partial charge in [0.25, 0.3) is 0 Å². The number of aromatic hydroxyl groups is 1. The summed E-state index contributed by atoms with van der Waals surface area (Å²) in [4.78, 5) is 7.53. The highest BCUT2D eigenvalue weighted by Crippen LogP contribution is 2.25. The SMILES string of the molecule is CC(Cc1ccccc1)N=Cc1c(O)[nH]c2ccccc12. The van der Waals surface area contributed by atoms with Gasteiger partial charge < -0.3 is 10.1 Å². The van der Waals surface area contributed by atoms with Crippen LogP contribution in [-0.2, 0) is 6.42 Å². The van der Waals surface area contributed by atoms with Gasteiger partial charge in [0, 0.05) is 17.1 Å². The van der Waals surface area contributed by atoms with Crippen molar-refractivity contribution in [2.45, 2.75) is 19.4 Å². The first-order valence-electron chi connectivity index (χ1n) is 7.11. The normalized spacial score (nSPS) is 13.0. The molecule has 0 amide bonds. The van der Waals surface area contributed by atoms with E-state index < -0.39 is 0 Å². The Balaban J connectivity index is 1.80. The van der Waals surface area contributed by atoms with Crippen LogP contribution >= 0.6 is 0 Å². The van der Waals surface area contributed by atoms with Crippen LogP contribution in [0.4, 0.5) is 0 Å². The summed E-state index contributed by atoms with van der Waals surface area (Å²) in [5, 5.41) is 11.0. The number of H-pyrrole nitrogens is 1. The number of aromatic amines is 1. The van der Waals surface area contributed by atoms with Gasteiger partial charge in [-0.05, 0) is 25.0 Å². The van der Waals surface area contributed by atoms with Gasteiger partial charge >= 0.3 is 0 Å². The Morgan fingerprint density at radius 2 is 1.81 bits per heavy atom. The van der Waals surface area contributed by atoms with Crippen LogP contribution in [0.2, 0.25) is 0 Å². The predicted octanol–water partition coefficient (Wildman–Crippen LogP) is 3.92. The number of nitrogens with zero attached hydrogens (tertiary/aromatic N) is 1. The third kappa shape index (κ3) is 2.97. The van der Waals surface area contributed by atoms with Crippen molar-refractivity contribution in [2.75, 3.05) is 0 Å². The van der Waals surface area contributed by atoms with E-state index in [1.54, 1.807) is 6.21 Å². The van der Waals surface area contributed by atoms with Crippen LogP contribution in [0.3, 0.4) is 0 Å². The van der Waals surface area contributed by atoms with Crippen molar-refractivity contribution >= 4 is 17.1 Å². The van der Waals surface area contributed by atoms with Crippen molar-refractivity contribution in [1.29, 1.82) is 0 Å². The van der Waals surface area contributed by atoms with E-state index >= 15 is 0 Å². The maximum Gasteiger partial charge on any atom is 0.198 e. The number of aromatic nitrogens is 1. The zero-order valence-corrected chi connectivity index (χ0v) is 12.0. The quantitative estimate of drug-likeness (QED) is 0.698. The molecule has 0 aliphatic rings. The number of benzene rings is 2. The van der Waals surface area contributed by atoms with Gasteiger partial charge in [0.1, 0.15) is 0 Å². The van der Waals surface area contributed by atoms with Crippen LogP contribution in [0, 0.1) is 0 Å². The predicted molar refractivity (Wildman–Crippen MR) is 87.2 cm³/mol. The molecule has 0 saturated heterocycles. The Bertz CT molecular complexity index is 759. The second-order valence-corrected chi connectivity index (χ2v) is 5.25. The van der Waals surface area contributed by atoms with E-state index in [0.717, 1.165) is 22.9 Å². The summed E-state index contributed by atoms with van der Waals surface area (Å²) in [7, 11) is 0. The largest absolute Gasteiger partial charge is 0.494 e. The summed E-state index contributed by atoms with van der Waals surface area (Å²) in [5.74, 6) is 0.173. The molecule has 0 aliphatic carbocycles. The highest BCUT2D eigenvalue weighted by Gasteiger charge is 2.08. The van der Waals surface area contributed by atoms with Gasteiger partial charge in [0.2, 0.25) is 0 Å². The van der Waals surface area contributed by atoms with Crippen molar-refractivity contribution in [3.05, 3.63) is 65.7 Å². The fraction of sp³-hybridized carbons (Fsp3) is 0.167. The number of nitrogens with one attached hydrogen (secondary N) is 1. The molecule has 21 heavy (non-hydrogen) atoms. The molecule has 1 aromatic heterocycles. The second-order valence-electron chi connectivity index (χ2n) is 5.25. The van der Waals surface area contributed by atoms with Crippen molar-refractivity contribution in [1.82, 2.24) is 4.98 Å². The lowest BCUT2D eigenvalue weighted by molar-refractivity contribution is 0.457. The van der Waals surface area contributed by atoms with Gasteiger partial charge in [-0.15, -0.1) is 0 Å². The number of aliphatic imine (C=N–C) groups is 1. The molecule has 3 heteroatoms. The molecule has 1 unspecified atom stereocenters. The number of hydrogen-bond donors (Lipinski definition) is 2. The minimum Gasteiger partial charge on any atom is -0.494 e. The molecule has 1 atom stereocenters. The highest BCUT2D eigenvalue weighted by atomic mass is 16.3. The lowest BCUT2D eigenvalue weighted by Crippen LogP contribution is -2.03. The second kappa shape index (κ2) is 5.83. The first-order chi connectivity index (χ1) is 10.2. The van der Waals surface area contributed by atoms with Gasteiger partial charge in [0.05, 0.1) is 11.6 Å². The minimum atomic E-state index is 0.167. The maximum atomic E-state index is 9.99. The molecule has 2 aromatic carbocycles. The first-order valence-corrected chi connectivity index (χ1v) is 7.11. The molecule has 0 saturated carbocycles. The third-order valence-corrected chi connectivity index (χ3v) is 3.56. The monoisotopic (exact) mass is 278 g/mol. The molecule has 0 fully saturated rings. The van der Waals surface area contributed by atoms with E-state index in [0.29, 0.717) is 0 Å². The van der Waals surface area contributed by atoms with Crippen LogP contribution in [-0.4, -0.2) is 22.3 Å². The molecule has 2 N–H and O–H groups in total. The summed E-state index contributed by atoms with van der Waals surface area (Å²) < 4.78 is 0.